The van der Waals surface area contributed by atoms with Crippen molar-refractivity contribution >= 4 is 33.4 Å². The highest BCUT2D eigenvalue weighted by Crippen LogP contribution is 2.39. The van der Waals surface area contributed by atoms with E-state index in [1.165, 1.54) is 6.92 Å². The molecule has 1 aromatic rings. The first-order valence-corrected chi connectivity index (χ1v) is 7.83. The standard InChI is InChI=1S/C15H19BrN2O2/c1-9-7-10(2)14-12(8-9)13(17-11(3)19)15(20)18(14)6-4-5-16/h7-8,13H,4-6H2,1-3H3,(H,17,19). The zero-order valence-electron chi connectivity index (χ0n) is 12.0. The predicted octanol–water partition coefficient (Wildman–Crippen LogP) is 2.61. The molecular formula is C15H19BrN2O2. The number of hydrogen-bond donors (Lipinski definition) is 1. The number of carbonyl (C=O) groups excluding carboxylic acids is 2. The molecule has 1 N–H and O–H groups in total. The summed E-state index contributed by atoms with van der Waals surface area (Å²) in [5, 5.41) is 3.62. The maximum Gasteiger partial charge on any atom is 0.254 e. The molecule has 2 rings (SSSR count). The van der Waals surface area contributed by atoms with Crippen LogP contribution < -0.4 is 10.2 Å². The summed E-state index contributed by atoms with van der Waals surface area (Å²) in [4.78, 5) is 25.7. The number of amides is 2. The van der Waals surface area contributed by atoms with Gasteiger partial charge in [0.05, 0.1) is 5.69 Å². The number of anilines is 1. The van der Waals surface area contributed by atoms with Crippen LogP contribution in [-0.4, -0.2) is 23.7 Å². The van der Waals surface area contributed by atoms with Crippen molar-refractivity contribution in [3.8, 4) is 0 Å². The largest absolute Gasteiger partial charge is 0.341 e. The molecule has 0 saturated carbocycles. The number of halogens is 1. The minimum atomic E-state index is -0.545. The predicted molar refractivity (Wildman–Crippen MR) is 83.2 cm³/mol. The Balaban J connectivity index is 2.46. The number of carbonyl (C=O) groups is 2. The number of aryl methyl sites for hydroxylation is 2. The minimum Gasteiger partial charge on any atom is -0.341 e. The van der Waals surface area contributed by atoms with E-state index in [2.05, 4.69) is 27.3 Å². The van der Waals surface area contributed by atoms with Crippen LogP contribution in [0.15, 0.2) is 12.1 Å². The van der Waals surface area contributed by atoms with Crippen LogP contribution in [0.4, 0.5) is 5.69 Å². The first kappa shape index (κ1) is 15.0. The number of nitrogens with zero attached hydrogens (tertiary/aromatic N) is 1. The fourth-order valence-corrected chi connectivity index (χ4v) is 3.01. The molecule has 0 aliphatic carbocycles. The SMILES string of the molecule is CC(=O)NC1C(=O)N(CCCBr)c2c(C)cc(C)cc21. The fraction of sp³-hybridized carbons (Fsp3) is 0.467. The Hall–Kier alpha value is -1.36. The van der Waals surface area contributed by atoms with Gasteiger partial charge in [0.15, 0.2) is 0 Å². The molecule has 4 nitrogen and oxygen atoms in total. The zero-order chi connectivity index (χ0) is 14.9. The van der Waals surface area contributed by atoms with Gasteiger partial charge in [0.1, 0.15) is 6.04 Å². The van der Waals surface area contributed by atoms with Gasteiger partial charge in [-0.05, 0) is 25.8 Å². The van der Waals surface area contributed by atoms with E-state index in [0.717, 1.165) is 34.1 Å². The molecule has 1 aromatic carbocycles. The van der Waals surface area contributed by atoms with E-state index in [4.69, 9.17) is 0 Å². The smallest absolute Gasteiger partial charge is 0.254 e. The van der Waals surface area contributed by atoms with Gasteiger partial charge in [0.25, 0.3) is 5.91 Å². The molecular weight excluding hydrogens is 320 g/mol. The van der Waals surface area contributed by atoms with E-state index in [1.807, 2.05) is 19.9 Å². The molecule has 1 aliphatic heterocycles. The van der Waals surface area contributed by atoms with E-state index in [9.17, 15) is 9.59 Å². The maximum absolute atomic E-state index is 12.6. The Morgan fingerprint density at radius 3 is 2.70 bits per heavy atom. The highest BCUT2D eigenvalue weighted by molar-refractivity contribution is 9.09. The number of fused-ring (bicyclic) bond motifs is 1. The molecule has 1 atom stereocenters. The second-order valence-corrected chi connectivity index (χ2v) is 5.98. The number of hydrogen-bond acceptors (Lipinski definition) is 2. The molecule has 0 fully saturated rings. The third kappa shape index (κ3) is 2.73. The van der Waals surface area contributed by atoms with Crippen molar-refractivity contribution in [1.82, 2.24) is 5.32 Å². The van der Waals surface area contributed by atoms with E-state index < -0.39 is 6.04 Å². The van der Waals surface area contributed by atoms with Crippen LogP contribution in [0.2, 0.25) is 0 Å². The average Bonchev–Trinajstić information content (AvgIpc) is 2.60. The van der Waals surface area contributed by atoms with Gasteiger partial charge < -0.3 is 10.2 Å². The molecule has 0 radical (unpaired) electrons. The Bertz CT molecular complexity index is 557. The molecule has 1 heterocycles. The van der Waals surface area contributed by atoms with Crippen molar-refractivity contribution < 1.29 is 9.59 Å². The molecule has 5 heteroatoms. The molecule has 0 bridgehead atoms. The van der Waals surface area contributed by atoms with Gasteiger partial charge in [-0.15, -0.1) is 0 Å². The van der Waals surface area contributed by atoms with Gasteiger partial charge >= 0.3 is 0 Å². The van der Waals surface area contributed by atoms with E-state index in [0.29, 0.717) is 6.54 Å². The minimum absolute atomic E-state index is 0.0372. The van der Waals surface area contributed by atoms with Crippen molar-refractivity contribution in [2.24, 2.45) is 0 Å². The van der Waals surface area contributed by atoms with Crippen molar-refractivity contribution in [3.63, 3.8) is 0 Å². The lowest BCUT2D eigenvalue weighted by Crippen LogP contribution is -2.37. The van der Waals surface area contributed by atoms with Gasteiger partial charge in [0.2, 0.25) is 5.91 Å². The number of alkyl halides is 1. The first-order valence-electron chi connectivity index (χ1n) is 6.71. The van der Waals surface area contributed by atoms with Gasteiger partial charge in [-0.25, -0.2) is 0 Å². The highest BCUT2D eigenvalue weighted by Gasteiger charge is 2.38. The lowest BCUT2D eigenvalue weighted by atomic mass is 10.0. The summed E-state index contributed by atoms with van der Waals surface area (Å²) < 4.78 is 0. The van der Waals surface area contributed by atoms with Crippen LogP contribution in [-0.2, 0) is 9.59 Å². The van der Waals surface area contributed by atoms with E-state index >= 15 is 0 Å². The quantitative estimate of drug-likeness (QED) is 0.858. The third-order valence-electron chi connectivity index (χ3n) is 3.43. The Morgan fingerprint density at radius 2 is 2.10 bits per heavy atom. The Labute approximate surface area is 127 Å². The van der Waals surface area contributed by atoms with Crippen LogP contribution in [0.3, 0.4) is 0 Å². The van der Waals surface area contributed by atoms with Crippen LogP contribution in [0, 0.1) is 13.8 Å². The van der Waals surface area contributed by atoms with Crippen LogP contribution in [0.25, 0.3) is 0 Å². The van der Waals surface area contributed by atoms with Crippen molar-refractivity contribution in [2.45, 2.75) is 33.2 Å². The lowest BCUT2D eigenvalue weighted by molar-refractivity contribution is -0.126. The highest BCUT2D eigenvalue weighted by atomic mass is 79.9. The zero-order valence-corrected chi connectivity index (χ0v) is 13.6. The summed E-state index contributed by atoms with van der Waals surface area (Å²) in [6, 6.07) is 3.52. The van der Waals surface area contributed by atoms with E-state index in [1.54, 1.807) is 4.90 Å². The fourth-order valence-electron chi connectivity index (χ4n) is 2.76. The summed E-state index contributed by atoms with van der Waals surface area (Å²) >= 11 is 3.39. The summed E-state index contributed by atoms with van der Waals surface area (Å²) in [5.41, 5.74) is 4.06. The Kier molecular flexibility index (Phi) is 4.48. The topological polar surface area (TPSA) is 49.4 Å². The average molecular weight is 339 g/mol. The van der Waals surface area contributed by atoms with Gasteiger partial charge in [0, 0.05) is 24.4 Å². The molecule has 20 heavy (non-hydrogen) atoms. The second-order valence-electron chi connectivity index (χ2n) is 5.19. The van der Waals surface area contributed by atoms with Crippen LogP contribution >= 0.6 is 15.9 Å². The van der Waals surface area contributed by atoms with Gasteiger partial charge in [-0.1, -0.05) is 33.6 Å². The first-order chi connectivity index (χ1) is 9.45. The molecule has 108 valence electrons. The summed E-state index contributed by atoms with van der Waals surface area (Å²) in [5.74, 6) is -0.222. The van der Waals surface area contributed by atoms with Crippen LogP contribution in [0.5, 0.6) is 0 Å². The molecule has 0 spiro atoms. The maximum atomic E-state index is 12.6. The summed E-state index contributed by atoms with van der Waals surface area (Å²) in [7, 11) is 0. The molecule has 0 saturated heterocycles. The van der Waals surface area contributed by atoms with Gasteiger partial charge in [-0.2, -0.15) is 0 Å². The van der Waals surface area contributed by atoms with Gasteiger partial charge in [-0.3, -0.25) is 9.59 Å². The van der Waals surface area contributed by atoms with E-state index in [-0.39, 0.29) is 11.8 Å². The lowest BCUT2D eigenvalue weighted by Gasteiger charge is -2.19. The van der Waals surface area contributed by atoms with Crippen LogP contribution in [0.1, 0.15) is 36.1 Å². The number of nitrogens with one attached hydrogen (secondary N) is 1. The Morgan fingerprint density at radius 1 is 1.40 bits per heavy atom. The third-order valence-corrected chi connectivity index (χ3v) is 3.99. The molecule has 1 aliphatic rings. The summed E-state index contributed by atoms with van der Waals surface area (Å²) in [6.07, 6.45) is 0.880. The summed E-state index contributed by atoms with van der Waals surface area (Å²) in [6.45, 7) is 6.12. The molecule has 0 aromatic heterocycles. The normalized spacial score (nSPS) is 17.3. The number of benzene rings is 1. The second kappa shape index (κ2) is 5.95. The number of rotatable bonds is 4. The van der Waals surface area contributed by atoms with Crippen molar-refractivity contribution in [1.29, 1.82) is 0 Å². The van der Waals surface area contributed by atoms with Crippen molar-refractivity contribution in [3.05, 3.63) is 28.8 Å². The molecule has 2 amide bonds. The molecule has 1 unspecified atom stereocenters. The monoisotopic (exact) mass is 338 g/mol. The van der Waals surface area contributed by atoms with Crippen molar-refractivity contribution in [2.75, 3.05) is 16.8 Å².